The zero-order valence-corrected chi connectivity index (χ0v) is 11.9. The maximum Gasteiger partial charge on any atom is 0.134 e. The predicted molar refractivity (Wildman–Crippen MR) is 84.7 cm³/mol. The van der Waals surface area contributed by atoms with Crippen LogP contribution in [0.3, 0.4) is 0 Å². The monoisotopic (exact) mass is 276 g/mol. The smallest absolute Gasteiger partial charge is 0.134 e. The highest BCUT2D eigenvalue weighted by molar-refractivity contribution is 5.89. The molecule has 1 aromatic heterocycles. The summed E-state index contributed by atoms with van der Waals surface area (Å²) in [7, 11) is 0. The second-order valence-corrected chi connectivity index (χ2v) is 5.47. The molecule has 2 aromatic rings. The Labute approximate surface area is 123 Å². The molecule has 1 aromatic carbocycles. The molecule has 2 heteroatoms. The molecule has 1 saturated heterocycles. The maximum absolute atomic E-state index is 5.85. The molecule has 1 fully saturated rings. The lowest BCUT2D eigenvalue weighted by Gasteiger charge is -2.13. The number of aryl methyl sites for hydroxylation is 1. The van der Waals surface area contributed by atoms with Gasteiger partial charge in [0.05, 0.1) is 0 Å². The van der Waals surface area contributed by atoms with Crippen LogP contribution >= 0.6 is 0 Å². The van der Waals surface area contributed by atoms with E-state index in [1.807, 2.05) is 31.2 Å². The van der Waals surface area contributed by atoms with E-state index in [1.165, 1.54) is 0 Å². The minimum atomic E-state index is 0.0761. The van der Waals surface area contributed by atoms with E-state index in [-0.39, 0.29) is 12.0 Å². The normalized spacial score (nSPS) is 25.6. The van der Waals surface area contributed by atoms with Crippen molar-refractivity contribution in [3.8, 4) is 0 Å². The summed E-state index contributed by atoms with van der Waals surface area (Å²) >= 11 is 0. The molecule has 0 spiro atoms. The van der Waals surface area contributed by atoms with Gasteiger partial charge in [-0.3, -0.25) is 0 Å². The van der Waals surface area contributed by atoms with Gasteiger partial charge >= 0.3 is 0 Å². The minimum absolute atomic E-state index is 0.0761. The summed E-state index contributed by atoms with van der Waals surface area (Å²) in [5, 5.41) is 1.13. The fourth-order valence-corrected chi connectivity index (χ4v) is 3.10. The first-order chi connectivity index (χ1) is 10.2. The van der Waals surface area contributed by atoms with Crippen LogP contribution < -0.4 is 0 Å². The second kappa shape index (κ2) is 4.52. The van der Waals surface area contributed by atoms with Crippen LogP contribution in [0.15, 0.2) is 70.9 Å². The Hall–Kier alpha value is -2.48. The molecule has 2 unspecified atom stereocenters. The van der Waals surface area contributed by atoms with E-state index in [0.29, 0.717) is 0 Å². The number of hydrogen-bond acceptors (Lipinski definition) is 2. The summed E-state index contributed by atoms with van der Waals surface area (Å²) in [5.41, 5.74) is 3.17. The van der Waals surface area contributed by atoms with E-state index in [4.69, 9.17) is 9.15 Å². The van der Waals surface area contributed by atoms with Crippen LogP contribution in [-0.2, 0) is 4.74 Å². The molecule has 21 heavy (non-hydrogen) atoms. The van der Waals surface area contributed by atoms with Gasteiger partial charge in [0.25, 0.3) is 0 Å². The zero-order valence-electron chi connectivity index (χ0n) is 11.9. The maximum atomic E-state index is 5.85. The highest BCUT2D eigenvalue weighted by Gasteiger charge is 2.33. The molecule has 0 amide bonds. The average molecular weight is 276 g/mol. The van der Waals surface area contributed by atoms with E-state index < -0.39 is 0 Å². The standard InChI is InChI=1S/C19H16O2/c1-12-16(14-7-3-5-9-18(14)20-12)11-17-13(2)21-19-10-6-4-8-15(17)19/h3-11,14,18H,1H2,2H3/b16-11+. The van der Waals surface area contributed by atoms with Crippen molar-refractivity contribution in [3.05, 3.63) is 77.8 Å². The Morgan fingerprint density at radius 1 is 1.14 bits per heavy atom. The van der Waals surface area contributed by atoms with Crippen LogP contribution in [0.5, 0.6) is 0 Å². The highest BCUT2D eigenvalue weighted by atomic mass is 16.5. The number of ether oxygens (including phenoxy) is 1. The van der Waals surface area contributed by atoms with Crippen LogP contribution in [0.1, 0.15) is 11.3 Å². The van der Waals surface area contributed by atoms with Gasteiger partial charge < -0.3 is 9.15 Å². The third-order valence-electron chi connectivity index (χ3n) is 4.16. The number of fused-ring (bicyclic) bond motifs is 2. The van der Waals surface area contributed by atoms with Gasteiger partial charge in [-0.15, -0.1) is 0 Å². The van der Waals surface area contributed by atoms with E-state index >= 15 is 0 Å². The highest BCUT2D eigenvalue weighted by Crippen LogP contribution is 2.40. The number of hydrogen-bond donors (Lipinski definition) is 0. The van der Waals surface area contributed by atoms with Gasteiger partial charge in [-0.1, -0.05) is 43.0 Å². The van der Waals surface area contributed by atoms with Crippen molar-refractivity contribution in [2.24, 2.45) is 5.92 Å². The van der Waals surface area contributed by atoms with E-state index in [0.717, 1.165) is 33.6 Å². The number of benzene rings is 1. The van der Waals surface area contributed by atoms with Crippen molar-refractivity contribution in [2.75, 3.05) is 0 Å². The molecule has 0 bridgehead atoms. The molecule has 1 aliphatic carbocycles. The van der Waals surface area contributed by atoms with Crippen molar-refractivity contribution in [1.29, 1.82) is 0 Å². The van der Waals surface area contributed by atoms with Gasteiger partial charge in [0, 0.05) is 22.4 Å². The number of rotatable bonds is 1. The quantitative estimate of drug-likeness (QED) is 0.748. The average Bonchev–Trinajstić information content (AvgIpc) is 2.97. The molecule has 2 nitrogen and oxygen atoms in total. The van der Waals surface area contributed by atoms with Crippen LogP contribution in [0.25, 0.3) is 17.0 Å². The van der Waals surface area contributed by atoms with Crippen molar-refractivity contribution in [3.63, 3.8) is 0 Å². The molecule has 104 valence electrons. The molecular formula is C19H16O2. The Balaban J connectivity index is 1.86. The predicted octanol–water partition coefficient (Wildman–Crippen LogP) is 4.78. The summed E-state index contributed by atoms with van der Waals surface area (Å²) < 4.78 is 11.7. The Bertz CT molecular complexity index is 817. The summed E-state index contributed by atoms with van der Waals surface area (Å²) in [4.78, 5) is 0. The largest absolute Gasteiger partial charge is 0.486 e. The lowest BCUT2D eigenvalue weighted by atomic mass is 9.90. The molecule has 0 saturated carbocycles. The van der Waals surface area contributed by atoms with Gasteiger partial charge in [0.2, 0.25) is 0 Å². The third kappa shape index (κ3) is 1.87. The van der Waals surface area contributed by atoms with Crippen LogP contribution in [-0.4, -0.2) is 6.10 Å². The number of para-hydroxylation sites is 1. The van der Waals surface area contributed by atoms with Crippen molar-refractivity contribution in [2.45, 2.75) is 13.0 Å². The topological polar surface area (TPSA) is 22.4 Å². The molecule has 2 aliphatic rings. The molecular weight excluding hydrogens is 260 g/mol. The van der Waals surface area contributed by atoms with Gasteiger partial charge in [-0.25, -0.2) is 0 Å². The summed E-state index contributed by atoms with van der Waals surface area (Å²) in [5.74, 6) is 1.93. The molecule has 2 atom stereocenters. The molecule has 2 heterocycles. The molecule has 4 rings (SSSR count). The van der Waals surface area contributed by atoms with Crippen molar-refractivity contribution in [1.82, 2.24) is 0 Å². The van der Waals surface area contributed by atoms with Gasteiger partial charge in [0.1, 0.15) is 23.2 Å². The zero-order chi connectivity index (χ0) is 14.4. The fourth-order valence-electron chi connectivity index (χ4n) is 3.10. The first-order valence-corrected chi connectivity index (χ1v) is 7.15. The Morgan fingerprint density at radius 2 is 1.95 bits per heavy atom. The lowest BCUT2D eigenvalue weighted by Crippen LogP contribution is -2.13. The van der Waals surface area contributed by atoms with E-state index in [1.54, 1.807) is 0 Å². The minimum Gasteiger partial charge on any atom is -0.486 e. The van der Waals surface area contributed by atoms with Gasteiger partial charge in [-0.2, -0.15) is 0 Å². The fraction of sp³-hybridized carbons (Fsp3) is 0.158. The summed E-state index contributed by atoms with van der Waals surface area (Å²) in [6.45, 7) is 6.06. The second-order valence-electron chi connectivity index (χ2n) is 5.47. The Morgan fingerprint density at radius 3 is 2.86 bits per heavy atom. The summed E-state index contributed by atoms with van der Waals surface area (Å²) in [6, 6.07) is 8.11. The Kier molecular flexibility index (Phi) is 2.64. The van der Waals surface area contributed by atoms with Gasteiger partial charge in [-0.05, 0) is 25.1 Å². The number of allylic oxidation sites excluding steroid dienone is 3. The molecule has 1 aliphatic heterocycles. The van der Waals surface area contributed by atoms with Gasteiger partial charge in [0.15, 0.2) is 0 Å². The SMILES string of the molecule is C=C1OC2C=CC=CC2/C1=C/c1c(C)oc2ccccc12. The van der Waals surface area contributed by atoms with Crippen molar-refractivity contribution >= 4 is 17.0 Å². The van der Waals surface area contributed by atoms with Crippen LogP contribution in [0.2, 0.25) is 0 Å². The number of furan rings is 1. The third-order valence-corrected chi connectivity index (χ3v) is 4.16. The first kappa shape index (κ1) is 12.3. The first-order valence-electron chi connectivity index (χ1n) is 7.15. The van der Waals surface area contributed by atoms with Crippen LogP contribution in [0, 0.1) is 12.8 Å². The molecule has 0 N–H and O–H groups in total. The molecule has 0 radical (unpaired) electrons. The van der Waals surface area contributed by atoms with Crippen molar-refractivity contribution < 1.29 is 9.15 Å². The van der Waals surface area contributed by atoms with E-state index in [2.05, 4.69) is 36.9 Å². The van der Waals surface area contributed by atoms with Crippen LogP contribution in [0.4, 0.5) is 0 Å². The summed E-state index contributed by atoms with van der Waals surface area (Å²) in [6.07, 6.45) is 10.6. The van der Waals surface area contributed by atoms with E-state index in [9.17, 15) is 0 Å². The lowest BCUT2D eigenvalue weighted by molar-refractivity contribution is 0.185.